The molecule has 1 unspecified atom stereocenters. The first-order chi connectivity index (χ1) is 8.52. The summed E-state index contributed by atoms with van der Waals surface area (Å²) >= 11 is 0. The van der Waals surface area contributed by atoms with Crippen LogP contribution >= 0.6 is 0 Å². The standard InChI is InChI=1S/C13H15NO4/c1-8(13(17)18)12(16)14-7-3-5-9-4-2-6-10(15)11(9)14/h2,4,6,8,15H,3,5,7H2,1H3,(H,17,18). The highest BCUT2D eigenvalue weighted by molar-refractivity contribution is 6.06. The lowest BCUT2D eigenvalue weighted by Gasteiger charge is -2.31. The number of anilines is 1. The average Bonchev–Trinajstić information content (AvgIpc) is 2.36. The molecule has 0 aromatic heterocycles. The van der Waals surface area contributed by atoms with E-state index in [4.69, 9.17) is 5.11 Å². The monoisotopic (exact) mass is 249 g/mol. The van der Waals surface area contributed by atoms with Gasteiger partial charge in [0.05, 0.1) is 5.69 Å². The number of hydrogen-bond acceptors (Lipinski definition) is 3. The van der Waals surface area contributed by atoms with Crippen molar-refractivity contribution in [2.24, 2.45) is 5.92 Å². The van der Waals surface area contributed by atoms with Gasteiger partial charge in [0.15, 0.2) is 0 Å². The molecule has 2 N–H and O–H groups in total. The number of carboxylic acids is 1. The van der Waals surface area contributed by atoms with E-state index in [1.54, 1.807) is 6.07 Å². The Morgan fingerprint density at radius 2 is 2.11 bits per heavy atom. The van der Waals surface area contributed by atoms with E-state index in [0.29, 0.717) is 12.2 Å². The highest BCUT2D eigenvalue weighted by Gasteiger charge is 2.31. The number of aliphatic carboxylic acids is 1. The third-order valence-electron chi connectivity index (χ3n) is 3.20. The number of aryl methyl sites for hydroxylation is 1. The van der Waals surface area contributed by atoms with Gasteiger partial charge in [0.25, 0.3) is 0 Å². The maximum absolute atomic E-state index is 12.1. The van der Waals surface area contributed by atoms with E-state index in [2.05, 4.69) is 0 Å². The second-order valence-corrected chi connectivity index (χ2v) is 4.44. The van der Waals surface area contributed by atoms with Gasteiger partial charge in [0.2, 0.25) is 5.91 Å². The van der Waals surface area contributed by atoms with Crippen LogP contribution in [0.4, 0.5) is 5.69 Å². The Morgan fingerprint density at radius 3 is 2.78 bits per heavy atom. The van der Waals surface area contributed by atoms with Crippen LogP contribution in [0.5, 0.6) is 5.75 Å². The highest BCUT2D eigenvalue weighted by atomic mass is 16.4. The molecular formula is C13H15NO4. The minimum absolute atomic E-state index is 0.0261. The van der Waals surface area contributed by atoms with Crippen molar-refractivity contribution >= 4 is 17.6 Å². The van der Waals surface area contributed by atoms with Crippen molar-refractivity contribution in [3.05, 3.63) is 23.8 Å². The molecule has 0 aliphatic carbocycles. The summed E-state index contributed by atoms with van der Waals surface area (Å²) in [5, 5.41) is 18.7. The molecule has 0 saturated heterocycles. The molecule has 1 aliphatic heterocycles. The minimum atomic E-state index is -1.15. The quantitative estimate of drug-likeness (QED) is 0.776. The van der Waals surface area contributed by atoms with E-state index in [1.807, 2.05) is 6.07 Å². The van der Waals surface area contributed by atoms with E-state index in [0.717, 1.165) is 18.4 Å². The van der Waals surface area contributed by atoms with Crippen LogP contribution in [0.1, 0.15) is 18.9 Å². The fraction of sp³-hybridized carbons (Fsp3) is 0.385. The maximum Gasteiger partial charge on any atom is 0.315 e. The SMILES string of the molecule is CC(C(=O)O)C(=O)N1CCCc2cccc(O)c21. The summed E-state index contributed by atoms with van der Waals surface area (Å²) in [5.74, 6) is -2.71. The number of benzene rings is 1. The third-order valence-corrected chi connectivity index (χ3v) is 3.20. The summed E-state index contributed by atoms with van der Waals surface area (Å²) in [5.41, 5.74) is 1.34. The zero-order chi connectivity index (χ0) is 13.3. The summed E-state index contributed by atoms with van der Waals surface area (Å²) in [6.45, 7) is 1.81. The summed E-state index contributed by atoms with van der Waals surface area (Å²) in [6.07, 6.45) is 1.56. The first kappa shape index (κ1) is 12.4. The number of amides is 1. The van der Waals surface area contributed by atoms with E-state index >= 15 is 0 Å². The molecule has 1 aromatic rings. The number of para-hydroxylation sites is 1. The summed E-state index contributed by atoms with van der Waals surface area (Å²) in [6, 6.07) is 5.08. The molecule has 5 heteroatoms. The number of aromatic hydroxyl groups is 1. The number of carbonyl (C=O) groups is 2. The molecule has 1 atom stereocenters. The molecule has 1 aromatic carbocycles. The second-order valence-electron chi connectivity index (χ2n) is 4.44. The average molecular weight is 249 g/mol. The molecular weight excluding hydrogens is 234 g/mol. The number of rotatable bonds is 2. The molecule has 1 amide bonds. The predicted molar refractivity (Wildman–Crippen MR) is 65.6 cm³/mol. The van der Waals surface area contributed by atoms with Crippen molar-refractivity contribution in [2.45, 2.75) is 19.8 Å². The molecule has 0 saturated carbocycles. The summed E-state index contributed by atoms with van der Waals surface area (Å²) < 4.78 is 0. The molecule has 0 radical (unpaired) electrons. The molecule has 5 nitrogen and oxygen atoms in total. The maximum atomic E-state index is 12.1. The largest absolute Gasteiger partial charge is 0.506 e. The van der Waals surface area contributed by atoms with Gasteiger partial charge in [0, 0.05) is 6.54 Å². The Morgan fingerprint density at radius 1 is 1.39 bits per heavy atom. The smallest absolute Gasteiger partial charge is 0.315 e. The van der Waals surface area contributed by atoms with Gasteiger partial charge < -0.3 is 15.1 Å². The van der Waals surface area contributed by atoms with Gasteiger partial charge in [-0.05, 0) is 31.4 Å². The van der Waals surface area contributed by atoms with Gasteiger partial charge in [-0.15, -0.1) is 0 Å². The van der Waals surface area contributed by atoms with Crippen molar-refractivity contribution in [1.82, 2.24) is 0 Å². The highest BCUT2D eigenvalue weighted by Crippen LogP contribution is 2.36. The van der Waals surface area contributed by atoms with Crippen LogP contribution in [0, 0.1) is 5.92 Å². The molecule has 0 fully saturated rings. The van der Waals surface area contributed by atoms with Crippen LogP contribution in [-0.2, 0) is 16.0 Å². The predicted octanol–water partition coefficient (Wildman–Crippen LogP) is 1.39. The van der Waals surface area contributed by atoms with Gasteiger partial charge >= 0.3 is 5.97 Å². The van der Waals surface area contributed by atoms with Crippen molar-refractivity contribution in [2.75, 3.05) is 11.4 Å². The molecule has 0 spiro atoms. The van der Waals surface area contributed by atoms with Crippen molar-refractivity contribution < 1.29 is 19.8 Å². The van der Waals surface area contributed by atoms with Crippen LogP contribution in [0.15, 0.2) is 18.2 Å². The Bertz CT molecular complexity index is 498. The Hall–Kier alpha value is -2.04. The first-order valence-corrected chi connectivity index (χ1v) is 5.87. The van der Waals surface area contributed by atoms with Crippen molar-refractivity contribution in [3.8, 4) is 5.75 Å². The number of nitrogens with zero attached hydrogens (tertiary/aromatic N) is 1. The van der Waals surface area contributed by atoms with Crippen molar-refractivity contribution in [1.29, 1.82) is 0 Å². The molecule has 96 valence electrons. The number of hydrogen-bond donors (Lipinski definition) is 2. The van der Waals surface area contributed by atoms with E-state index < -0.39 is 17.8 Å². The Kier molecular flexibility index (Phi) is 3.23. The fourth-order valence-corrected chi connectivity index (χ4v) is 2.19. The number of fused-ring (bicyclic) bond motifs is 1. The molecule has 2 rings (SSSR count). The van der Waals surface area contributed by atoms with E-state index in [9.17, 15) is 14.7 Å². The normalized spacial score (nSPS) is 15.9. The van der Waals surface area contributed by atoms with Crippen LogP contribution < -0.4 is 4.90 Å². The van der Waals surface area contributed by atoms with Crippen LogP contribution in [-0.4, -0.2) is 28.6 Å². The molecule has 1 heterocycles. The van der Waals surface area contributed by atoms with Crippen LogP contribution in [0.2, 0.25) is 0 Å². The number of carboxylic acid groups (broad SMARTS) is 1. The zero-order valence-corrected chi connectivity index (χ0v) is 10.1. The lowest BCUT2D eigenvalue weighted by Crippen LogP contribution is -2.41. The van der Waals surface area contributed by atoms with Gasteiger partial charge in [-0.25, -0.2) is 0 Å². The minimum Gasteiger partial charge on any atom is -0.506 e. The van der Waals surface area contributed by atoms with Gasteiger partial charge in [-0.1, -0.05) is 12.1 Å². The molecule has 1 aliphatic rings. The first-order valence-electron chi connectivity index (χ1n) is 5.87. The van der Waals surface area contributed by atoms with Gasteiger partial charge in [-0.2, -0.15) is 0 Å². The molecule has 18 heavy (non-hydrogen) atoms. The number of phenols is 1. The Balaban J connectivity index is 2.38. The topological polar surface area (TPSA) is 77.8 Å². The molecule has 0 bridgehead atoms. The zero-order valence-electron chi connectivity index (χ0n) is 10.1. The lowest BCUT2D eigenvalue weighted by molar-refractivity contribution is -0.145. The third kappa shape index (κ3) is 2.03. The fourth-order valence-electron chi connectivity index (χ4n) is 2.19. The number of carbonyl (C=O) groups excluding carboxylic acids is 1. The van der Waals surface area contributed by atoms with Gasteiger partial charge in [-0.3, -0.25) is 9.59 Å². The Labute approximate surface area is 105 Å². The van der Waals surface area contributed by atoms with Gasteiger partial charge in [0.1, 0.15) is 11.7 Å². The van der Waals surface area contributed by atoms with Crippen LogP contribution in [0.25, 0.3) is 0 Å². The van der Waals surface area contributed by atoms with E-state index in [1.165, 1.54) is 17.9 Å². The van der Waals surface area contributed by atoms with Crippen molar-refractivity contribution in [3.63, 3.8) is 0 Å². The summed E-state index contributed by atoms with van der Waals surface area (Å²) in [4.78, 5) is 24.3. The summed E-state index contributed by atoms with van der Waals surface area (Å²) in [7, 11) is 0. The number of phenolic OH excluding ortho intramolecular Hbond substituents is 1. The van der Waals surface area contributed by atoms with Crippen LogP contribution in [0.3, 0.4) is 0 Å². The van der Waals surface area contributed by atoms with E-state index in [-0.39, 0.29) is 5.75 Å². The lowest BCUT2D eigenvalue weighted by atomic mass is 9.99. The second kappa shape index (κ2) is 4.68.